The Balaban J connectivity index is 1.80. The van der Waals surface area contributed by atoms with Gasteiger partial charge in [0.25, 0.3) is 5.69 Å². The number of nitro groups is 1. The average Bonchev–Trinajstić information content (AvgIpc) is 2.70. The first-order valence-electron chi connectivity index (χ1n) is 9.69. The smallest absolute Gasteiger partial charge is 0.275 e. The summed E-state index contributed by atoms with van der Waals surface area (Å²) in [6.07, 6.45) is 4.33. The molecule has 1 aliphatic heterocycles. The van der Waals surface area contributed by atoms with E-state index in [0.717, 1.165) is 19.3 Å². The molecule has 0 unspecified atom stereocenters. The molecule has 2 aromatic rings. The summed E-state index contributed by atoms with van der Waals surface area (Å²) in [5, 5.41) is 12.4. The van der Waals surface area contributed by atoms with Crippen LogP contribution in [0.5, 0.6) is 11.5 Å². The molecule has 1 heterocycles. The highest BCUT2D eigenvalue weighted by Gasteiger charge is 2.43. The summed E-state index contributed by atoms with van der Waals surface area (Å²) in [7, 11) is 0. The van der Waals surface area contributed by atoms with Crippen LogP contribution < -0.4 is 21.1 Å². The molecule has 0 saturated heterocycles. The van der Waals surface area contributed by atoms with Gasteiger partial charge in [0, 0.05) is 17.2 Å². The minimum Gasteiger partial charge on any atom is -0.455 e. The van der Waals surface area contributed by atoms with Gasteiger partial charge < -0.3 is 16.2 Å². The number of nitrogens with zero attached hydrogens (tertiary/aromatic N) is 4. The topological polar surface area (TPSA) is 132 Å². The minimum absolute atomic E-state index is 0.102. The molecule has 1 saturated carbocycles. The Morgan fingerprint density at radius 2 is 1.84 bits per heavy atom. The van der Waals surface area contributed by atoms with Crippen LogP contribution in [0.25, 0.3) is 0 Å². The van der Waals surface area contributed by atoms with Crippen molar-refractivity contribution in [2.45, 2.75) is 37.8 Å². The molecule has 4 rings (SSSR count). The van der Waals surface area contributed by atoms with Gasteiger partial charge in [0.1, 0.15) is 17.2 Å². The summed E-state index contributed by atoms with van der Waals surface area (Å²) in [4.78, 5) is 21.6. The second kappa shape index (κ2) is 8.24. The Bertz CT molecular complexity index is 1100. The Kier molecular flexibility index (Phi) is 5.63. The van der Waals surface area contributed by atoms with Crippen LogP contribution in [0.15, 0.2) is 46.4 Å². The van der Waals surface area contributed by atoms with Crippen molar-refractivity contribution in [1.82, 2.24) is 0 Å². The van der Waals surface area contributed by atoms with Gasteiger partial charge in [0.15, 0.2) is 0 Å². The zero-order valence-electron chi connectivity index (χ0n) is 16.4. The molecule has 31 heavy (non-hydrogen) atoms. The quantitative estimate of drug-likeness (QED) is 0.494. The molecular formula is C20H20Cl2N6O3. The van der Waals surface area contributed by atoms with Crippen LogP contribution in [0, 0.1) is 10.1 Å². The van der Waals surface area contributed by atoms with E-state index in [1.165, 1.54) is 18.2 Å². The first-order valence-corrected chi connectivity index (χ1v) is 10.5. The summed E-state index contributed by atoms with van der Waals surface area (Å²) in [5.41, 5.74) is 11.7. The van der Waals surface area contributed by atoms with Crippen LogP contribution in [0.4, 0.5) is 11.4 Å². The summed E-state index contributed by atoms with van der Waals surface area (Å²) in [6.45, 7) is 0. The zero-order valence-corrected chi connectivity index (χ0v) is 17.9. The third-order valence-corrected chi connectivity index (χ3v) is 5.85. The number of rotatable bonds is 4. The van der Waals surface area contributed by atoms with Crippen LogP contribution in [-0.4, -0.2) is 22.5 Å². The number of anilines is 1. The van der Waals surface area contributed by atoms with E-state index in [1.54, 1.807) is 23.1 Å². The molecule has 1 spiro atoms. The van der Waals surface area contributed by atoms with E-state index in [9.17, 15) is 10.1 Å². The predicted octanol–water partition coefficient (Wildman–Crippen LogP) is 4.80. The van der Waals surface area contributed by atoms with E-state index >= 15 is 0 Å². The molecule has 1 fully saturated rings. The largest absolute Gasteiger partial charge is 0.455 e. The Hall–Kier alpha value is -3.04. The van der Waals surface area contributed by atoms with E-state index in [0.29, 0.717) is 29.3 Å². The lowest BCUT2D eigenvalue weighted by molar-refractivity contribution is -0.384. The summed E-state index contributed by atoms with van der Waals surface area (Å²) in [5.74, 6) is 0.762. The Labute approximate surface area is 188 Å². The number of aliphatic imine (C=N–C) groups is 2. The van der Waals surface area contributed by atoms with Crippen molar-refractivity contribution in [3.63, 3.8) is 0 Å². The number of non-ortho nitro benzene ring substituents is 1. The third-order valence-electron chi connectivity index (χ3n) is 5.32. The van der Waals surface area contributed by atoms with Crippen molar-refractivity contribution >= 4 is 46.5 Å². The fraction of sp³-hybridized carbons (Fsp3) is 0.300. The molecule has 0 aromatic heterocycles. The molecule has 162 valence electrons. The van der Waals surface area contributed by atoms with Gasteiger partial charge in [-0.3, -0.25) is 15.0 Å². The van der Waals surface area contributed by atoms with Gasteiger partial charge >= 0.3 is 0 Å². The molecule has 0 bridgehead atoms. The Morgan fingerprint density at radius 1 is 1.10 bits per heavy atom. The van der Waals surface area contributed by atoms with Crippen molar-refractivity contribution in [3.05, 3.63) is 56.6 Å². The molecule has 11 heteroatoms. The van der Waals surface area contributed by atoms with Crippen molar-refractivity contribution in [2.75, 3.05) is 4.90 Å². The van der Waals surface area contributed by atoms with E-state index in [4.69, 9.17) is 39.4 Å². The Morgan fingerprint density at radius 3 is 2.52 bits per heavy atom. The molecular weight excluding hydrogens is 443 g/mol. The lowest BCUT2D eigenvalue weighted by Gasteiger charge is -2.45. The number of nitrogens with two attached hydrogens (primary N) is 2. The zero-order chi connectivity index (χ0) is 22.2. The van der Waals surface area contributed by atoms with Gasteiger partial charge in [0.05, 0.1) is 21.7 Å². The van der Waals surface area contributed by atoms with E-state index < -0.39 is 10.6 Å². The fourth-order valence-electron chi connectivity index (χ4n) is 4.04. The number of hydrogen-bond donors (Lipinski definition) is 2. The highest BCUT2D eigenvalue weighted by molar-refractivity contribution is 6.35. The second-order valence-corrected chi connectivity index (χ2v) is 8.28. The number of benzene rings is 2. The van der Waals surface area contributed by atoms with Gasteiger partial charge in [-0.05, 0) is 43.9 Å². The fourth-order valence-corrected chi connectivity index (χ4v) is 4.49. The summed E-state index contributed by atoms with van der Waals surface area (Å²) in [6, 6.07) is 9.12. The lowest BCUT2D eigenvalue weighted by Crippen LogP contribution is -2.58. The maximum absolute atomic E-state index is 11.6. The second-order valence-electron chi connectivity index (χ2n) is 7.44. The van der Waals surface area contributed by atoms with Crippen LogP contribution in [-0.2, 0) is 0 Å². The normalized spacial score (nSPS) is 17.8. The first-order chi connectivity index (χ1) is 14.8. The van der Waals surface area contributed by atoms with Crippen molar-refractivity contribution in [1.29, 1.82) is 0 Å². The van der Waals surface area contributed by atoms with Crippen LogP contribution in [0.3, 0.4) is 0 Å². The predicted molar refractivity (Wildman–Crippen MR) is 121 cm³/mol. The molecule has 2 aromatic carbocycles. The molecule has 2 aliphatic rings. The standard InChI is InChI=1S/C20H20Cl2N6O3/c21-12-4-5-17(16(22)8-12)31-15-10-13(9-14(11-15)28(29)30)27-19(24)25-18(23)26-20(27)6-2-1-3-7-20/h4-5,8-11H,1-3,6-7H2,(H4,23,24,25,26). The monoisotopic (exact) mass is 462 g/mol. The van der Waals surface area contributed by atoms with E-state index in [-0.39, 0.29) is 28.4 Å². The number of halogens is 2. The van der Waals surface area contributed by atoms with Crippen LogP contribution in [0.1, 0.15) is 32.1 Å². The molecule has 4 N–H and O–H groups in total. The van der Waals surface area contributed by atoms with Gasteiger partial charge in [-0.2, -0.15) is 4.99 Å². The maximum atomic E-state index is 11.6. The van der Waals surface area contributed by atoms with Crippen LogP contribution >= 0.6 is 23.2 Å². The maximum Gasteiger partial charge on any atom is 0.275 e. The van der Waals surface area contributed by atoms with Crippen molar-refractivity contribution < 1.29 is 9.66 Å². The third kappa shape index (κ3) is 4.24. The molecule has 0 radical (unpaired) electrons. The highest BCUT2D eigenvalue weighted by Crippen LogP contribution is 2.42. The number of guanidine groups is 2. The van der Waals surface area contributed by atoms with Gasteiger partial charge in [-0.1, -0.05) is 29.6 Å². The van der Waals surface area contributed by atoms with Gasteiger partial charge in [-0.25, -0.2) is 4.99 Å². The molecule has 0 amide bonds. The number of hydrogen-bond acceptors (Lipinski definition) is 8. The summed E-state index contributed by atoms with van der Waals surface area (Å²) >= 11 is 12.1. The molecule has 0 atom stereocenters. The van der Waals surface area contributed by atoms with Gasteiger partial charge in [0.2, 0.25) is 11.9 Å². The average molecular weight is 463 g/mol. The van der Waals surface area contributed by atoms with Crippen molar-refractivity contribution in [3.8, 4) is 11.5 Å². The van der Waals surface area contributed by atoms with Gasteiger partial charge in [-0.15, -0.1) is 0 Å². The van der Waals surface area contributed by atoms with E-state index in [2.05, 4.69) is 9.98 Å². The molecule has 1 aliphatic carbocycles. The highest BCUT2D eigenvalue weighted by atomic mass is 35.5. The first kappa shape index (κ1) is 21.2. The SMILES string of the molecule is NC1=NC2(CCCCC2)N(c2cc(Oc3ccc(Cl)cc3Cl)cc([N+](=O)[O-])c2)C(N)=N1. The number of nitro benzene ring substituents is 1. The van der Waals surface area contributed by atoms with E-state index in [1.807, 2.05) is 0 Å². The molecule has 9 nitrogen and oxygen atoms in total. The summed E-state index contributed by atoms with van der Waals surface area (Å²) < 4.78 is 5.86. The lowest BCUT2D eigenvalue weighted by atomic mass is 9.87. The van der Waals surface area contributed by atoms with Crippen LogP contribution in [0.2, 0.25) is 10.0 Å². The number of ether oxygens (including phenoxy) is 1. The van der Waals surface area contributed by atoms with Crippen molar-refractivity contribution in [2.24, 2.45) is 21.5 Å². The minimum atomic E-state index is -0.738.